The fourth-order valence-electron chi connectivity index (χ4n) is 5.19. The van der Waals surface area contributed by atoms with Crippen molar-refractivity contribution in [3.05, 3.63) is 82.4 Å². The van der Waals surface area contributed by atoms with Crippen LogP contribution in [-0.4, -0.2) is 32.5 Å². The van der Waals surface area contributed by atoms with Crippen LogP contribution in [-0.2, 0) is 12.8 Å². The molecule has 0 saturated carbocycles. The van der Waals surface area contributed by atoms with Crippen LogP contribution in [0.4, 0.5) is 0 Å². The third kappa shape index (κ3) is 3.14. The molecule has 0 fully saturated rings. The van der Waals surface area contributed by atoms with Crippen LogP contribution in [0, 0.1) is 0 Å². The first-order valence-electron chi connectivity index (χ1n) is 11.1. The number of halogens is 1. The SMILES string of the molecule is COc1ccc2c(c1OC)C(Cl)N1CCc3cc4c(cc3C1=C2Cc1ccccc1)OCO4. The lowest BCUT2D eigenvalue weighted by Gasteiger charge is -2.43. The molecule has 5 nitrogen and oxygen atoms in total. The fraction of sp³-hybridized carbons (Fsp3) is 0.259. The Morgan fingerprint density at radius 1 is 0.970 bits per heavy atom. The molecule has 6 rings (SSSR count). The van der Waals surface area contributed by atoms with Gasteiger partial charge in [0.2, 0.25) is 6.79 Å². The molecule has 0 amide bonds. The predicted octanol–water partition coefficient (Wildman–Crippen LogP) is 5.65. The van der Waals surface area contributed by atoms with Crippen LogP contribution in [0.3, 0.4) is 0 Å². The van der Waals surface area contributed by atoms with Crippen LogP contribution in [0.2, 0.25) is 0 Å². The van der Waals surface area contributed by atoms with E-state index >= 15 is 0 Å². The second kappa shape index (κ2) is 7.92. The number of rotatable bonds is 4. The van der Waals surface area contributed by atoms with E-state index in [1.54, 1.807) is 14.2 Å². The molecule has 0 aromatic heterocycles. The lowest BCUT2D eigenvalue weighted by atomic mass is 9.82. The van der Waals surface area contributed by atoms with E-state index in [1.165, 1.54) is 16.7 Å². The van der Waals surface area contributed by atoms with Crippen LogP contribution in [0.1, 0.15) is 33.3 Å². The molecular weight excluding hydrogens is 438 g/mol. The summed E-state index contributed by atoms with van der Waals surface area (Å²) in [5, 5.41) is 0. The molecule has 168 valence electrons. The highest BCUT2D eigenvalue weighted by Gasteiger charge is 2.39. The van der Waals surface area contributed by atoms with Gasteiger partial charge >= 0.3 is 0 Å². The van der Waals surface area contributed by atoms with E-state index in [4.69, 9.17) is 30.5 Å². The van der Waals surface area contributed by atoms with Crippen molar-refractivity contribution in [1.29, 1.82) is 0 Å². The minimum atomic E-state index is -0.377. The van der Waals surface area contributed by atoms with Gasteiger partial charge in [-0.05, 0) is 46.9 Å². The summed E-state index contributed by atoms with van der Waals surface area (Å²) < 4.78 is 22.8. The highest BCUT2D eigenvalue weighted by molar-refractivity contribution is 6.22. The number of hydrogen-bond donors (Lipinski definition) is 0. The molecule has 1 atom stereocenters. The third-order valence-corrected chi connectivity index (χ3v) is 7.15. The Balaban J connectivity index is 1.63. The van der Waals surface area contributed by atoms with Gasteiger partial charge in [-0.3, -0.25) is 0 Å². The Kier molecular flexibility index (Phi) is 4.88. The van der Waals surface area contributed by atoms with Gasteiger partial charge in [0.05, 0.1) is 19.9 Å². The van der Waals surface area contributed by atoms with Crippen molar-refractivity contribution in [2.24, 2.45) is 0 Å². The van der Waals surface area contributed by atoms with Crippen molar-refractivity contribution >= 4 is 22.9 Å². The summed E-state index contributed by atoms with van der Waals surface area (Å²) in [7, 11) is 3.33. The van der Waals surface area contributed by atoms with E-state index < -0.39 is 0 Å². The summed E-state index contributed by atoms with van der Waals surface area (Å²) >= 11 is 7.19. The van der Waals surface area contributed by atoms with Crippen molar-refractivity contribution in [3.8, 4) is 23.0 Å². The standard InChI is InChI=1S/C27H24ClNO4/c1-30-21-9-8-18-20(12-16-6-4-3-5-7-16)25-19-14-23-22(32-15-33-23)13-17(19)10-11-29(25)27(28)24(18)26(21)31-2/h3-9,13-14,27H,10-12,15H2,1-2H3. The number of fused-ring (bicyclic) bond motifs is 5. The number of alkyl halides is 1. The van der Waals surface area contributed by atoms with Crippen LogP contribution in [0.15, 0.2) is 54.6 Å². The van der Waals surface area contributed by atoms with Gasteiger partial charge < -0.3 is 23.8 Å². The van der Waals surface area contributed by atoms with E-state index in [2.05, 4.69) is 47.4 Å². The maximum Gasteiger partial charge on any atom is 0.231 e. The average Bonchev–Trinajstić information content (AvgIpc) is 3.31. The lowest BCUT2D eigenvalue weighted by Crippen LogP contribution is -2.35. The first-order chi connectivity index (χ1) is 16.2. The average molecular weight is 462 g/mol. The van der Waals surface area contributed by atoms with Gasteiger partial charge in [0.1, 0.15) is 5.50 Å². The van der Waals surface area contributed by atoms with Crippen molar-refractivity contribution in [2.75, 3.05) is 27.6 Å². The van der Waals surface area contributed by atoms with E-state index in [0.29, 0.717) is 11.5 Å². The van der Waals surface area contributed by atoms with Crippen molar-refractivity contribution in [2.45, 2.75) is 18.3 Å². The number of ether oxygens (including phenoxy) is 4. The second-order valence-electron chi connectivity index (χ2n) is 8.39. The zero-order chi connectivity index (χ0) is 22.5. The smallest absolute Gasteiger partial charge is 0.231 e. The zero-order valence-electron chi connectivity index (χ0n) is 18.6. The topological polar surface area (TPSA) is 40.2 Å². The Labute approximate surface area is 198 Å². The van der Waals surface area contributed by atoms with Crippen molar-refractivity contribution < 1.29 is 18.9 Å². The first-order valence-corrected chi connectivity index (χ1v) is 11.5. The minimum Gasteiger partial charge on any atom is -0.493 e. The Morgan fingerprint density at radius 3 is 2.52 bits per heavy atom. The quantitative estimate of drug-likeness (QED) is 0.371. The second-order valence-corrected chi connectivity index (χ2v) is 8.81. The third-order valence-electron chi connectivity index (χ3n) is 6.69. The molecule has 0 radical (unpaired) electrons. The van der Waals surface area contributed by atoms with Gasteiger partial charge in [0, 0.05) is 24.1 Å². The van der Waals surface area contributed by atoms with E-state index in [0.717, 1.165) is 53.3 Å². The summed E-state index contributed by atoms with van der Waals surface area (Å²) in [4.78, 5) is 2.29. The minimum absolute atomic E-state index is 0.260. The van der Waals surface area contributed by atoms with Gasteiger partial charge in [0.25, 0.3) is 0 Å². The molecule has 3 heterocycles. The van der Waals surface area contributed by atoms with Gasteiger partial charge in [-0.1, -0.05) is 48.0 Å². The summed E-state index contributed by atoms with van der Waals surface area (Å²) in [6.45, 7) is 1.06. The Morgan fingerprint density at radius 2 is 1.76 bits per heavy atom. The molecule has 3 aromatic carbocycles. The molecule has 0 bridgehead atoms. The molecule has 3 aliphatic rings. The van der Waals surface area contributed by atoms with Gasteiger partial charge in [-0.25, -0.2) is 0 Å². The molecule has 3 aliphatic heterocycles. The zero-order valence-corrected chi connectivity index (χ0v) is 19.3. The molecule has 33 heavy (non-hydrogen) atoms. The highest BCUT2D eigenvalue weighted by Crippen LogP contribution is 2.54. The summed E-state index contributed by atoms with van der Waals surface area (Å²) in [5.41, 5.74) is 7.68. The number of methoxy groups -OCH3 is 2. The fourth-order valence-corrected chi connectivity index (χ4v) is 5.61. The van der Waals surface area contributed by atoms with Crippen LogP contribution < -0.4 is 18.9 Å². The van der Waals surface area contributed by atoms with Crippen LogP contribution >= 0.6 is 11.6 Å². The molecule has 0 saturated heterocycles. The number of nitrogens with zero attached hydrogens (tertiary/aromatic N) is 1. The van der Waals surface area contributed by atoms with E-state index in [-0.39, 0.29) is 12.3 Å². The number of allylic oxidation sites excluding steroid dienone is 1. The maximum atomic E-state index is 7.19. The summed E-state index contributed by atoms with van der Waals surface area (Å²) in [5.74, 6) is 2.98. The molecule has 6 heteroatoms. The Bertz CT molecular complexity index is 1270. The summed E-state index contributed by atoms with van der Waals surface area (Å²) in [6, 6.07) is 18.8. The number of hydrogen-bond acceptors (Lipinski definition) is 5. The van der Waals surface area contributed by atoms with Gasteiger partial charge in [-0.15, -0.1) is 0 Å². The van der Waals surface area contributed by atoms with Gasteiger partial charge in [0.15, 0.2) is 23.0 Å². The van der Waals surface area contributed by atoms with Crippen LogP contribution in [0.25, 0.3) is 11.3 Å². The monoisotopic (exact) mass is 461 g/mol. The normalized spacial score (nSPS) is 17.9. The largest absolute Gasteiger partial charge is 0.493 e. The van der Waals surface area contributed by atoms with Gasteiger partial charge in [-0.2, -0.15) is 0 Å². The van der Waals surface area contributed by atoms with Crippen LogP contribution in [0.5, 0.6) is 23.0 Å². The summed E-state index contributed by atoms with van der Waals surface area (Å²) in [6.07, 6.45) is 1.64. The first kappa shape index (κ1) is 20.3. The molecule has 3 aromatic rings. The molecule has 1 unspecified atom stereocenters. The molecule has 0 spiro atoms. The maximum absolute atomic E-state index is 7.19. The predicted molar refractivity (Wildman–Crippen MR) is 128 cm³/mol. The van der Waals surface area contributed by atoms with Crippen molar-refractivity contribution in [3.63, 3.8) is 0 Å². The molecule has 0 aliphatic carbocycles. The lowest BCUT2D eigenvalue weighted by molar-refractivity contribution is 0.174. The van der Waals surface area contributed by atoms with Crippen molar-refractivity contribution in [1.82, 2.24) is 4.90 Å². The Hall–Kier alpha value is -3.31. The highest BCUT2D eigenvalue weighted by atomic mass is 35.5. The van der Waals surface area contributed by atoms with E-state index in [9.17, 15) is 0 Å². The number of benzene rings is 3. The molecular formula is C27H24ClNO4. The molecule has 0 N–H and O–H groups in total. The van der Waals surface area contributed by atoms with E-state index in [1.807, 2.05) is 12.1 Å².